The second kappa shape index (κ2) is 9.92. The smallest absolute Gasteiger partial charge is 0.224 e. The van der Waals surface area contributed by atoms with Gasteiger partial charge in [-0.05, 0) is 43.9 Å². The third-order valence-electron chi connectivity index (χ3n) is 4.65. The van der Waals surface area contributed by atoms with E-state index in [1.807, 2.05) is 37.3 Å². The Balaban J connectivity index is 1.45. The lowest BCUT2D eigenvalue weighted by Gasteiger charge is -2.28. The van der Waals surface area contributed by atoms with Crippen molar-refractivity contribution >= 4 is 11.7 Å². The number of methoxy groups -OCH3 is 1. The monoisotopic (exact) mass is 384 g/mol. The number of hydrogen-bond donors (Lipinski definition) is 1. The molecule has 1 saturated heterocycles. The fourth-order valence-corrected chi connectivity index (χ4v) is 3.26. The Bertz CT molecular complexity index is 791. The first-order valence-corrected chi connectivity index (χ1v) is 9.77. The van der Waals surface area contributed by atoms with Gasteiger partial charge in [-0.3, -0.25) is 4.79 Å². The van der Waals surface area contributed by atoms with Crippen LogP contribution in [-0.4, -0.2) is 49.2 Å². The second-order valence-corrected chi connectivity index (χ2v) is 6.89. The molecular formula is C21H28N4O3. The van der Waals surface area contributed by atoms with E-state index < -0.39 is 0 Å². The number of anilines is 1. The number of rotatable bonds is 8. The van der Waals surface area contributed by atoms with E-state index in [4.69, 9.17) is 9.47 Å². The third kappa shape index (κ3) is 5.84. The molecule has 1 aromatic carbocycles. The minimum absolute atomic E-state index is 0.0512. The number of aromatic nitrogens is 2. The van der Waals surface area contributed by atoms with Crippen LogP contribution < -0.4 is 19.7 Å². The van der Waals surface area contributed by atoms with Crippen LogP contribution in [0.25, 0.3) is 0 Å². The predicted octanol–water partition coefficient (Wildman–Crippen LogP) is 2.52. The Morgan fingerprint density at radius 3 is 2.79 bits per heavy atom. The highest BCUT2D eigenvalue weighted by molar-refractivity contribution is 5.78. The van der Waals surface area contributed by atoms with Crippen molar-refractivity contribution in [1.82, 2.24) is 15.3 Å². The van der Waals surface area contributed by atoms with Gasteiger partial charge in [0.1, 0.15) is 24.0 Å². The van der Waals surface area contributed by atoms with Crippen LogP contribution in [0, 0.1) is 6.92 Å². The molecule has 0 radical (unpaired) electrons. The quantitative estimate of drug-likeness (QED) is 0.705. The molecule has 1 fully saturated rings. The summed E-state index contributed by atoms with van der Waals surface area (Å²) in [6.07, 6.45) is 3.97. The summed E-state index contributed by atoms with van der Waals surface area (Å²) >= 11 is 0. The largest absolute Gasteiger partial charge is 0.497 e. The molecule has 1 aliphatic rings. The fourth-order valence-electron chi connectivity index (χ4n) is 3.26. The number of nitrogens with one attached hydrogen (secondary N) is 1. The molecule has 7 nitrogen and oxygen atoms in total. The summed E-state index contributed by atoms with van der Waals surface area (Å²) in [5, 5.41) is 2.87. The maximum absolute atomic E-state index is 12.1. The zero-order valence-corrected chi connectivity index (χ0v) is 16.6. The first-order valence-electron chi connectivity index (χ1n) is 9.77. The van der Waals surface area contributed by atoms with E-state index >= 15 is 0 Å². The molecule has 0 unspecified atom stereocenters. The van der Waals surface area contributed by atoms with E-state index in [-0.39, 0.29) is 5.91 Å². The summed E-state index contributed by atoms with van der Waals surface area (Å²) < 4.78 is 10.9. The first kappa shape index (κ1) is 19.9. The molecule has 2 aromatic rings. The van der Waals surface area contributed by atoms with Crippen molar-refractivity contribution in [3.8, 4) is 11.6 Å². The summed E-state index contributed by atoms with van der Waals surface area (Å²) in [7, 11) is 1.61. The molecule has 0 bridgehead atoms. The summed E-state index contributed by atoms with van der Waals surface area (Å²) in [6, 6.07) is 9.39. The molecule has 150 valence electrons. The molecule has 1 aromatic heterocycles. The highest BCUT2D eigenvalue weighted by Crippen LogP contribution is 2.21. The van der Waals surface area contributed by atoms with Crippen molar-refractivity contribution in [3.63, 3.8) is 0 Å². The summed E-state index contributed by atoms with van der Waals surface area (Å²) in [4.78, 5) is 23.3. The molecule has 0 atom stereocenters. The van der Waals surface area contributed by atoms with Gasteiger partial charge in [-0.25, -0.2) is 4.98 Å². The zero-order valence-electron chi connectivity index (χ0n) is 16.6. The van der Waals surface area contributed by atoms with Gasteiger partial charge in [0.05, 0.1) is 20.1 Å². The number of nitrogens with zero attached hydrogens (tertiary/aromatic N) is 3. The van der Waals surface area contributed by atoms with Crippen LogP contribution in [0.1, 0.15) is 30.7 Å². The molecule has 7 heteroatoms. The SMILES string of the molecule is COc1cccc(CC(=O)NCCOc2cc(N3CCCCC3)nc(C)n2)c1. The number of amides is 1. The van der Waals surface area contributed by atoms with Gasteiger partial charge in [0.2, 0.25) is 11.8 Å². The number of carbonyl (C=O) groups excluding carboxylic acids is 1. The minimum atomic E-state index is -0.0512. The number of ether oxygens (including phenoxy) is 2. The van der Waals surface area contributed by atoms with Crippen LogP contribution in [0.4, 0.5) is 5.82 Å². The van der Waals surface area contributed by atoms with Crippen molar-refractivity contribution in [2.24, 2.45) is 0 Å². The van der Waals surface area contributed by atoms with Gasteiger partial charge < -0.3 is 19.7 Å². The van der Waals surface area contributed by atoms with Gasteiger partial charge >= 0.3 is 0 Å². The highest BCUT2D eigenvalue weighted by atomic mass is 16.5. The fraction of sp³-hybridized carbons (Fsp3) is 0.476. The number of benzene rings is 1. The number of piperidine rings is 1. The average molecular weight is 384 g/mol. The van der Waals surface area contributed by atoms with E-state index in [2.05, 4.69) is 20.2 Å². The van der Waals surface area contributed by atoms with E-state index in [0.29, 0.717) is 31.3 Å². The van der Waals surface area contributed by atoms with Crippen molar-refractivity contribution < 1.29 is 14.3 Å². The first-order chi connectivity index (χ1) is 13.6. The lowest BCUT2D eigenvalue weighted by Crippen LogP contribution is -2.31. The topological polar surface area (TPSA) is 76.6 Å². The second-order valence-electron chi connectivity index (χ2n) is 6.89. The van der Waals surface area contributed by atoms with Crippen molar-refractivity contribution in [2.45, 2.75) is 32.6 Å². The van der Waals surface area contributed by atoms with Gasteiger partial charge in [-0.15, -0.1) is 0 Å². The predicted molar refractivity (Wildman–Crippen MR) is 108 cm³/mol. The molecule has 0 aliphatic carbocycles. The lowest BCUT2D eigenvalue weighted by atomic mass is 10.1. The molecule has 28 heavy (non-hydrogen) atoms. The summed E-state index contributed by atoms with van der Waals surface area (Å²) in [5.41, 5.74) is 0.912. The normalized spacial score (nSPS) is 13.9. The zero-order chi connectivity index (χ0) is 19.8. The Morgan fingerprint density at radius 1 is 1.18 bits per heavy atom. The van der Waals surface area contributed by atoms with Crippen molar-refractivity contribution in [2.75, 3.05) is 38.3 Å². The van der Waals surface area contributed by atoms with Gasteiger partial charge in [0.15, 0.2) is 0 Å². The number of aryl methyl sites for hydroxylation is 1. The highest BCUT2D eigenvalue weighted by Gasteiger charge is 2.14. The molecule has 0 saturated carbocycles. The molecule has 2 heterocycles. The molecule has 3 rings (SSSR count). The van der Waals surface area contributed by atoms with E-state index in [1.54, 1.807) is 7.11 Å². The number of hydrogen-bond acceptors (Lipinski definition) is 6. The van der Waals surface area contributed by atoms with Crippen molar-refractivity contribution in [1.29, 1.82) is 0 Å². The Morgan fingerprint density at radius 2 is 2.00 bits per heavy atom. The minimum Gasteiger partial charge on any atom is -0.497 e. The van der Waals surface area contributed by atoms with Crippen LogP contribution in [-0.2, 0) is 11.2 Å². The summed E-state index contributed by atoms with van der Waals surface area (Å²) in [5.74, 6) is 2.86. The van der Waals surface area contributed by atoms with Gasteiger partial charge in [-0.1, -0.05) is 12.1 Å². The van der Waals surface area contributed by atoms with E-state index in [9.17, 15) is 4.79 Å². The van der Waals surface area contributed by atoms with Crippen LogP contribution >= 0.6 is 0 Å². The summed E-state index contributed by atoms with van der Waals surface area (Å²) in [6.45, 7) is 4.70. The molecule has 1 amide bonds. The van der Waals surface area contributed by atoms with Gasteiger partial charge in [0.25, 0.3) is 0 Å². The Kier molecular flexibility index (Phi) is 7.06. The van der Waals surface area contributed by atoms with Crippen molar-refractivity contribution in [3.05, 3.63) is 41.7 Å². The average Bonchev–Trinajstić information content (AvgIpc) is 2.71. The molecule has 1 N–H and O–H groups in total. The lowest BCUT2D eigenvalue weighted by molar-refractivity contribution is -0.120. The number of carbonyl (C=O) groups is 1. The van der Waals surface area contributed by atoms with Crippen LogP contribution in [0.3, 0.4) is 0 Å². The maximum Gasteiger partial charge on any atom is 0.224 e. The maximum atomic E-state index is 12.1. The molecule has 0 spiro atoms. The van der Waals surface area contributed by atoms with Crippen LogP contribution in [0.5, 0.6) is 11.6 Å². The molecule has 1 aliphatic heterocycles. The third-order valence-corrected chi connectivity index (χ3v) is 4.65. The standard InChI is InChI=1S/C21H28N4O3/c1-16-23-19(25-10-4-3-5-11-25)15-21(24-16)28-12-9-22-20(26)14-17-7-6-8-18(13-17)27-2/h6-8,13,15H,3-5,9-12,14H2,1-2H3,(H,22,26). The molecular weight excluding hydrogens is 356 g/mol. The van der Waals surface area contributed by atoms with Crippen LogP contribution in [0.15, 0.2) is 30.3 Å². The van der Waals surface area contributed by atoms with Crippen LogP contribution in [0.2, 0.25) is 0 Å². The Labute approximate surface area is 166 Å². The van der Waals surface area contributed by atoms with E-state index in [0.717, 1.165) is 30.2 Å². The van der Waals surface area contributed by atoms with Gasteiger partial charge in [-0.2, -0.15) is 4.98 Å². The Hall–Kier alpha value is -2.83. The van der Waals surface area contributed by atoms with Gasteiger partial charge in [0, 0.05) is 19.2 Å². The van der Waals surface area contributed by atoms with E-state index in [1.165, 1.54) is 19.3 Å².